The Hall–Kier alpha value is -3.78. The minimum absolute atomic E-state index is 0.0727. The van der Waals surface area contributed by atoms with Gasteiger partial charge in [-0.25, -0.2) is 22.8 Å². The van der Waals surface area contributed by atoms with Crippen molar-refractivity contribution in [2.75, 3.05) is 29.5 Å². The third-order valence-electron chi connectivity index (χ3n) is 8.21. The first-order valence-corrected chi connectivity index (χ1v) is 15.5. The molecule has 3 aliphatic rings. The molecule has 40 heavy (non-hydrogen) atoms. The first-order chi connectivity index (χ1) is 19.3. The molecule has 11 heteroatoms. The van der Waals surface area contributed by atoms with Gasteiger partial charge in [0.05, 0.1) is 23.8 Å². The van der Waals surface area contributed by atoms with Gasteiger partial charge in [-0.2, -0.15) is 5.26 Å². The number of halogens is 1. The van der Waals surface area contributed by atoms with Crippen LogP contribution in [0, 0.1) is 23.1 Å². The van der Waals surface area contributed by atoms with Gasteiger partial charge in [0.2, 0.25) is 11.8 Å². The van der Waals surface area contributed by atoms with Crippen molar-refractivity contribution in [3.63, 3.8) is 0 Å². The summed E-state index contributed by atoms with van der Waals surface area (Å²) < 4.78 is 44.3. The highest BCUT2D eigenvalue weighted by Gasteiger charge is 2.47. The van der Waals surface area contributed by atoms with Crippen LogP contribution in [0.25, 0.3) is 22.8 Å². The molecule has 3 fully saturated rings. The summed E-state index contributed by atoms with van der Waals surface area (Å²) in [6.07, 6.45) is 5.58. The molecule has 1 aliphatic heterocycles. The highest BCUT2D eigenvalue weighted by molar-refractivity contribution is 7.91. The second-order valence-electron chi connectivity index (χ2n) is 10.9. The average molecular weight is 564 g/mol. The first kappa shape index (κ1) is 26.4. The van der Waals surface area contributed by atoms with E-state index in [1.807, 2.05) is 29.2 Å². The lowest BCUT2D eigenvalue weighted by Gasteiger charge is -2.32. The van der Waals surface area contributed by atoms with Crippen molar-refractivity contribution in [3.8, 4) is 28.9 Å². The molecule has 2 aromatic heterocycles. The molecule has 2 saturated carbocycles. The molecule has 1 N–H and O–H groups in total. The lowest BCUT2D eigenvalue weighted by Crippen LogP contribution is -2.42. The topological polar surface area (TPSA) is 129 Å². The Morgan fingerprint density at radius 3 is 2.58 bits per heavy atom. The van der Waals surface area contributed by atoms with Crippen LogP contribution in [0.1, 0.15) is 50.2 Å². The van der Waals surface area contributed by atoms with E-state index in [0.29, 0.717) is 55.9 Å². The van der Waals surface area contributed by atoms with Crippen molar-refractivity contribution in [3.05, 3.63) is 54.2 Å². The van der Waals surface area contributed by atoms with Crippen LogP contribution in [0.4, 0.5) is 10.1 Å². The van der Waals surface area contributed by atoms with Crippen LogP contribution >= 0.6 is 0 Å². The number of carbonyl (C=O) groups is 1. The van der Waals surface area contributed by atoms with Crippen molar-refractivity contribution in [2.45, 2.75) is 50.0 Å². The normalized spacial score (nSPS) is 23.2. The monoisotopic (exact) mass is 563 g/mol. The molecule has 208 valence electrons. The van der Waals surface area contributed by atoms with Crippen molar-refractivity contribution in [1.82, 2.24) is 15.3 Å². The number of nitriles is 1. The zero-order valence-corrected chi connectivity index (χ0v) is 22.8. The first-order valence-electron chi connectivity index (χ1n) is 13.7. The Kier molecular flexibility index (Phi) is 6.82. The molecule has 3 heterocycles. The van der Waals surface area contributed by atoms with Gasteiger partial charge in [0.1, 0.15) is 28.5 Å². The lowest BCUT2D eigenvalue weighted by atomic mass is 9.76. The maximum Gasteiger partial charge on any atom is 0.245 e. The highest BCUT2D eigenvalue weighted by atomic mass is 32.2. The Labute approximate surface area is 232 Å². The van der Waals surface area contributed by atoms with Gasteiger partial charge in [0.15, 0.2) is 9.84 Å². The number of amides is 1. The number of anilines is 1. The summed E-state index contributed by atoms with van der Waals surface area (Å²) in [5, 5.41) is 12.5. The standard InChI is InChI=1S/C29H30FN5O4S/c30-19-9-10-23(32-17-19)28-33-25(22-7-3-4-8-24(22)35-13-15-40(37,38)16-14-35)26(39-28)20-5-1-2-6-21(20)27(36)34-29(18-31)11-12-29/h3-4,7-10,17,20-21H,1-2,5-6,11-16H2,(H,34,36)/t20-,21-/m1/s1. The molecule has 9 nitrogen and oxygen atoms in total. The predicted molar refractivity (Wildman–Crippen MR) is 146 cm³/mol. The fourth-order valence-electron chi connectivity index (χ4n) is 5.77. The lowest BCUT2D eigenvalue weighted by molar-refractivity contribution is -0.127. The molecule has 1 saturated heterocycles. The number of hydrogen-bond donors (Lipinski definition) is 1. The molecule has 0 radical (unpaired) electrons. The van der Waals surface area contributed by atoms with Crippen molar-refractivity contribution >= 4 is 21.4 Å². The Bertz CT molecular complexity index is 1560. The summed E-state index contributed by atoms with van der Waals surface area (Å²) in [5.41, 5.74) is 1.77. The number of sulfone groups is 1. The average Bonchev–Trinajstić information content (AvgIpc) is 3.60. The fourth-order valence-corrected chi connectivity index (χ4v) is 6.97. The van der Waals surface area contributed by atoms with Gasteiger partial charge in [0.25, 0.3) is 0 Å². The summed E-state index contributed by atoms with van der Waals surface area (Å²) in [4.78, 5) is 24.6. The second kappa shape index (κ2) is 10.3. The Morgan fingerprint density at radius 2 is 1.88 bits per heavy atom. The van der Waals surface area contributed by atoms with E-state index in [1.54, 1.807) is 0 Å². The SMILES string of the molecule is N#CC1(NC(=O)[C@@H]2CCCC[C@H]2c2oc(-c3ccc(F)cn3)nc2-c2ccccc2N2CCS(=O)(=O)CC2)CC1. The van der Waals surface area contributed by atoms with Crippen LogP contribution in [-0.2, 0) is 14.6 Å². The number of benzene rings is 1. The summed E-state index contributed by atoms with van der Waals surface area (Å²) in [7, 11) is -3.07. The zero-order valence-electron chi connectivity index (χ0n) is 22.0. The van der Waals surface area contributed by atoms with E-state index >= 15 is 0 Å². The minimum Gasteiger partial charge on any atom is -0.439 e. The number of aromatic nitrogens is 2. The molecule has 2 atom stereocenters. The van der Waals surface area contributed by atoms with Crippen LogP contribution in [0.15, 0.2) is 47.0 Å². The van der Waals surface area contributed by atoms with Crippen LogP contribution in [0.3, 0.4) is 0 Å². The molecular formula is C29H30FN5O4S. The van der Waals surface area contributed by atoms with Crippen LogP contribution in [0.2, 0.25) is 0 Å². The minimum atomic E-state index is -3.07. The third kappa shape index (κ3) is 5.20. The molecule has 3 aromatic rings. The predicted octanol–water partition coefficient (Wildman–Crippen LogP) is 4.22. The number of para-hydroxylation sites is 1. The number of carbonyl (C=O) groups excluding carboxylic acids is 1. The molecule has 0 bridgehead atoms. The number of rotatable bonds is 6. The van der Waals surface area contributed by atoms with E-state index in [1.165, 1.54) is 12.1 Å². The van der Waals surface area contributed by atoms with Crippen molar-refractivity contribution < 1.29 is 22.0 Å². The van der Waals surface area contributed by atoms with Crippen LogP contribution in [0.5, 0.6) is 0 Å². The number of oxazole rings is 1. The molecule has 1 amide bonds. The molecular weight excluding hydrogens is 533 g/mol. The highest BCUT2D eigenvalue weighted by Crippen LogP contribution is 2.46. The second-order valence-corrected chi connectivity index (χ2v) is 13.2. The smallest absolute Gasteiger partial charge is 0.245 e. The van der Waals surface area contributed by atoms with Crippen LogP contribution < -0.4 is 10.2 Å². The number of nitrogens with zero attached hydrogens (tertiary/aromatic N) is 4. The number of pyridine rings is 1. The van der Waals surface area contributed by atoms with Gasteiger partial charge in [-0.15, -0.1) is 0 Å². The fraction of sp³-hybridized carbons (Fsp3) is 0.448. The largest absolute Gasteiger partial charge is 0.439 e. The van der Waals surface area contributed by atoms with E-state index in [0.717, 1.165) is 30.3 Å². The van der Waals surface area contributed by atoms with Gasteiger partial charge in [0, 0.05) is 36.2 Å². The number of hydrogen-bond acceptors (Lipinski definition) is 8. The van der Waals surface area contributed by atoms with Crippen molar-refractivity contribution in [1.29, 1.82) is 5.26 Å². The summed E-state index contributed by atoms with van der Waals surface area (Å²) in [6.45, 7) is 0.729. The zero-order chi connectivity index (χ0) is 27.9. The number of nitrogens with one attached hydrogen (secondary N) is 1. The van der Waals surface area contributed by atoms with E-state index in [9.17, 15) is 22.9 Å². The van der Waals surface area contributed by atoms with Gasteiger partial charge in [-0.1, -0.05) is 31.0 Å². The summed E-state index contributed by atoms with van der Waals surface area (Å²) in [5.74, 6) is -0.380. The third-order valence-corrected chi connectivity index (χ3v) is 9.82. The van der Waals surface area contributed by atoms with Gasteiger partial charge >= 0.3 is 0 Å². The van der Waals surface area contributed by atoms with Gasteiger partial charge < -0.3 is 14.6 Å². The van der Waals surface area contributed by atoms with E-state index < -0.39 is 27.1 Å². The molecule has 0 unspecified atom stereocenters. The van der Waals surface area contributed by atoms with E-state index in [4.69, 9.17) is 9.40 Å². The van der Waals surface area contributed by atoms with E-state index in [2.05, 4.69) is 16.4 Å². The maximum absolute atomic E-state index is 13.6. The summed E-state index contributed by atoms with van der Waals surface area (Å²) in [6, 6.07) is 12.7. The van der Waals surface area contributed by atoms with Crippen molar-refractivity contribution in [2.24, 2.45) is 5.92 Å². The van der Waals surface area contributed by atoms with Crippen LogP contribution in [-0.4, -0.2) is 54.4 Å². The van der Waals surface area contributed by atoms with Gasteiger partial charge in [-0.05, 0) is 43.9 Å². The molecule has 1 aromatic carbocycles. The summed E-state index contributed by atoms with van der Waals surface area (Å²) >= 11 is 0. The Balaban J connectivity index is 1.43. The maximum atomic E-state index is 13.6. The molecule has 6 rings (SSSR count). The molecule has 0 spiro atoms. The van der Waals surface area contributed by atoms with E-state index in [-0.39, 0.29) is 29.2 Å². The molecule has 2 aliphatic carbocycles. The quantitative estimate of drug-likeness (QED) is 0.472. The Morgan fingerprint density at radius 1 is 1.12 bits per heavy atom. The van der Waals surface area contributed by atoms with Gasteiger partial charge in [-0.3, -0.25) is 4.79 Å².